The van der Waals surface area contributed by atoms with Gasteiger partial charge >= 0.3 is 0 Å². The van der Waals surface area contributed by atoms with E-state index in [1.54, 1.807) is 0 Å². The van der Waals surface area contributed by atoms with E-state index in [2.05, 4.69) is 12.2 Å². The Bertz CT molecular complexity index is 340. The minimum atomic E-state index is 0.346. The Kier molecular flexibility index (Phi) is 2.35. The Balaban J connectivity index is 1.40. The number of amides is 1. The molecule has 0 radical (unpaired) electrons. The van der Waals surface area contributed by atoms with Crippen LogP contribution in [0.1, 0.15) is 51.9 Å². The number of hydrogen-bond acceptors (Lipinski definition) is 1. The van der Waals surface area contributed by atoms with E-state index in [1.165, 1.54) is 38.5 Å². The summed E-state index contributed by atoms with van der Waals surface area (Å²) in [5.74, 6) is 4.31. The average molecular weight is 247 g/mol. The lowest BCUT2D eigenvalue weighted by Gasteiger charge is -2.56. The van der Waals surface area contributed by atoms with Crippen molar-refractivity contribution < 1.29 is 4.79 Å². The average Bonchev–Trinajstić information content (AvgIpc) is 3.02. The zero-order valence-corrected chi connectivity index (χ0v) is 11.5. The van der Waals surface area contributed by atoms with Crippen LogP contribution >= 0.6 is 0 Å². The molecule has 0 spiro atoms. The Labute approximate surface area is 110 Å². The summed E-state index contributed by atoms with van der Waals surface area (Å²) in [6, 6.07) is 0. The van der Waals surface area contributed by atoms with Crippen molar-refractivity contribution in [3.05, 3.63) is 0 Å². The topological polar surface area (TPSA) is 29.1 Å². The van der Waals surface area contributed by atoms with E-state index in [0.29, 0.717) is 23.2 Å². The maximum atomic E-state index is 12.0. The first kappa shape index (κ1) is 11.3. The van der Waals surface area contributed by atoms with Gasteiger partial charge in [-0.15, -0.1) is 0 Å². The van der Waals surface area contributed by atoms with Gasteiger partial charge < -0.3 is 5.32 Å². The number of carbonyl (C=O) groups excluding carboxylic acids is 1. The number of nitrogens with one attached hydrogen (secondary N) is 1. The van der Waals surface area contributed by atoms with Crippen molar-refractivity contribution in [2.45, 2.75) is 51.9 Å². The molecule has 5 rings (SSSR count). The van der Waals surface area contributed by atoms with E-state index in [4.69, 9.17) is 0 Å². The lowest BCUT2D eigenvalue weighted by Crippen LogP contribution is -2.51. The molecule has 5 fully saturated rings. The van der Waals surface area contributed by atoms with Crippen LogP contribution in [-0.4, -0.2) is 12.5 Å². The van der Waals surface area contributed by atoms with Gasteiger partial charge in [-0.05, 0) is 74.0 Å². The van der Waals surface area contributed by atoms with Gasteiger partial charge in [0.1, 0.15) is 0 Å². The molecule has 0 aromatic carbocycles. The van der Waals surface area contributed by atoms with E-state index >= 15 is 0 Å². The summed E-state index contributed by atoms with van der Waals surface area (Å²) in [5, 5.41) is 3.29. The van der Waals surface area contributed by atoms with Crippen molar-refractivity contribution in [2.75, 3.05) is 6.54 Å². The first-order valence-corrected chi connectivity index (χ1v) is 7.91. The first-order valence-electron chi connectivity index (χ1n) is 7.91. The molecule has 5 aliphatic rings. The summed E-state index contributed by atoms with van der Waals surface area (Å²) in [7, 11) is 0. The van der Waals surface area contributed by atoms with Gasteiger partial charge in [-0.1, -0.05) is 6.92 Å². The third-order valence-corrected chi connectivity index (χ3v) is 6.25. The van der Waals surface area contributed by atoms with E-state index in [-0.39, 0.29) is 0 Å². The van der Waals surface area contributed by atoms with E-state index < -0.39 is 0 Å². The Morgan fingerprint density at radius 1 is 1.06 bits per heavy atom. The maximum absolute atomic E-state index is 12.0. The number of carbonyl (C=O) groups is 1. The third-order valence-electron chi connectivity index (χ3n) is 6.25. The quantitative estimate of drug-likeness (QED) is 0.816. The molecule has 0 aliphatic heterocycles. The van der Waals surface area contributed by atoms with Crippen molar-refractivity contribution in [2.24, 2.45) is 35.0 Å². The van der Waals surface area contributed by atoms with E-state index in [9.17, 15) is 4.79 Å². The highest BCUT2D eigenvalue weighted by Gasteiger charge is 2.51. The highest BCUT2D eigenvalue weighted by Crippen LogP contribution is 2.59. The Morgan fingerprint density at radius 2 is 1.56 bits per heavy atom. The summed E-state index contributed by atoms with van der Waals surface area (Å²) < 4.78 is 0. The molecule has 0 heterocycles. The molecule has 1 N–H and O–H groups in total. The van der Waals surface area contributed by atoms with Gasteiger partial charge in [-0.2, -0.15) is 0 Å². The molecule has 0 unspecified atom stereocenters. The predicted octanol–water partition coefficient (Wildman–Crippen LogP) is 2.98. The van der Waals surface area contributed by atoms with Crippen LogP contribution < -0.4 is 5.32 Å². The van der Waals surface area contributed by atoms with Crippen LogP contribution in [0.5, 0.6) is 0 Å². The van der Waals surface area contributed by atoms with Crippen LogP contribution in [0, 0.1) is 35.0 Å². The zero-order chi connectivity index (χ0) is 12.3. The standard InChI is InChI=1S/C16H25NO/c1-10-2-14(10)15(18)17-9-16-6-11-3-12(7-16)5-13(4-11)8-16/h10-14H,2-9H2,1H3,(H,17,18)/t10-,11?,12?,13?,14-,16?/m0/s1. The van der Waals surface area contributed by atoms with Gasteiger partial charge in [0.2, 0.25) is 5.91 Å². The van der Waals surface area contributed by atoms with Gasteiger partial charge in [-0.3, -0.25) is 4.79 Å². The second-order valence-electron chi connectivity index (χ2n) is 7.95. The van der Waals surface area contributed by atoms with Crippen molar-refractivity contribution >= 4 is 5.91 Å². The van der Waals surface area contributed by atoms with E-state index in [0.717, 1.165) is 30.7 Å². The monoisotopic (exact) mass is 247 g/mol. The van der Waals surface area contributed by atoms with Gasteiger partial charge in [0.25, 0.3) is 0 Å². The first-order chi connectivity index (χ1) is 8.63. The summed E-state index contributed by atoms with van der Waals surface area (Å²) in [6.45, 7) is 3.17. The molecular weight excluding hydrogens is 222 g/mol. The van der Waals surface area contributed by atoms with Crippen LogP contribution in [0.3, 0.4) is 0 Å². The van der Waals surface area contributed by atoms with Crippen molar-refractivity contribution in [1.82, 2.24) is 5.32 Å². The fourth-order valence-electron chi connectivity index (χ4n) is 5.60. The molecule has 4 bridgehead atoms. The highest BCUT2D eigenvalue weighted by atomic mass is 16.2. The van der Waals surface area contributed by atoms with Gasteiger partial charge in [0.15, 0.2) is 0 Å². The van der Waals surface area contributed by atoms with Crippen LogP contribution in [0.4, 0.5) is 0 Å². The minimum Gasteiger partial charge on any atom is -0.355 e. The second kappa shape index (κ2) is 3.74. The molecule has 18 heavy (non-hydrogen) atoms. The van der Waals surface area contributed by atoms with Crippen LogP contribution in [0.2, 0.25) is 0 Å². The molecule has 1 amide bonds. The summed E-state index contributed by atoms with van der Waals surface area (Å²) in [4.78, 5) is 12.0. The van der Waals surface area contributed by atoms with Crippen molar-refractivity contribution in [3.63, 3.8) is 0 Å². The molecule has 0 aromatic rings. The number of hydrogen-bond donors (Lipinski definition) is 1. The molecule has 2 atom stereocenters. The van der Waals surface area contributed by atoms with Crippen molar-refractivity contribution in [1.29, 1.82) is 0 Å². The van der Waals surface area contributed by atoms with Crippen LogP contribution in [0.25, 0.3) is 0 Å². The predicted molar refractivity (Wildman–Crippen MR) is 70.9 cm³/mol. The van der Waals surface area contributed by atoms with Gasteiger partial charge in [-0.25, -0.2) is 0 Å². The second-order valence-corrected chi connectivity index (χ2v) is 7.95. The van der Waals surface area contributed by atoms with Gasteiger partial charge in [0.05, 0.1) is 0 Å². The Morgan fingerprint density at radius 3 is 2.00 bits per heavy atom. The fourth-order valence-corrected chi connectivity index (χ4v) is 5.60. The molecule has 5 aliphatic carbocycles. The zero-order valence-electron chi connectivity index (χ0n) is 11.5. The maximum Gasteiger partial charge on any atom is 0.223 e. The van der Waals surface area contributed by atoms with Gasteiger partial charge in [0, 0.05) is 12.5 Å². The molecule has 0 saturated heterocycles. The molecule has 100 valence electrons. The summed E-state index contributed by atoms with van der Waals surface area (Å²) in [6.07, 6.45) is 9.80. The molecule has 2 nitrogen and oxygen atoms in total. The third kappa shape index (κ3) is 1.80. The summed E-state index contributed by atoms with van der Waals surface area (Å²) in [5.41, 5.74) is 0.503. The minimum absolute atomic E-state index is 0.346. The largest absolute Gasteiger partial charge is 0.355 e. The molecule has 0 aromatic heterocycles. The molecule has 2 heteroatoms. The lowest BCUT2D eigenvalue weighted by atomic mass is 9.49. The van der Waals surface area contributed by atoms with Crippen LogP contribution in [-0.2, 0) is 4.79 Å². The SMILES string of the molecule is C[C@H]1C[C@@H]1C(=O)NCC12CC3CC(CC(C3)C1)C2. The normalized spacial score (nSPS) is 52.4. The highest BCUT2D eigenvalue weighted by molar-refractivity contribution is 5.81. The van der Waals surface area contributed by atoms with E-state index in [1.807, 2.05) is 0 Å². The lowest BCUT2D eigenvalue weighted by molar-refractivity contribution is -0.124. The smallest absolute Gasteiger partial charge is 0.223 e. The van der Waals surface area contributed by atoms with Crippen LogP contribution in [0.15, 0.2) is 0 Å². The molecular formula is C16H25NO. The Hall–Kier alpha value is -0.530. The van der Waals surface area contributed by atoms with Crippen molar-refractivity contribution in [3.8, 4) is 0 Å². The molecule has 5 saturated carbocycles. The fraction of sp³-hybridized carbons (Fsp3) is 0.938. The summed E-state index contributed by atoms with van der Waals surface area (Å²) >= 11 is 0. The number of rotatable bonds is 3.